The summed E-state index contributed by atoms with van der Waals surface area (Å²) in [6.45, 7) is 2.42. The molecule has 23 heavy (non-hydrogen) atoms. The molecule has 2 aromatic heterocycles. The van der Waals surface area contributed by atoms with E-state index in [1.165, 1.54) is 11.3 Å². The topological polar surface area (TPSA) is 51.7 Å². The van der Waals surface area contributed by atoms with E-state index in [4.69, 9.17) is 9.47 Å². The lowest BCUT2D eigenvalue weighted by Gasteiger charge is -2.21. The minimum atomic E-state index is 0.0200. The zero-order valence-electron chi connectivity index (χ0n) is 12.6. The molecule has 0 aromatic carbocycles. The lowest BCUT2D eigenvalue weighted by Crippen LogP contribution is -2.37. The highest BCUT2D eigenvalue weighted by Gasteiger charge is 2.48. The van der Waals surface area contributed by atoms with Crippen LogP contribution < -0.4 is 0 Å². The average Bonchev–Trinajstić information content (AvgIpc) is 3.31. The molecule has 3 atom stereocenters. The van der Waals surface area contributed by atoms with Crippen LogP contribution in [0.2, 0.25) is 0 Å². The summed E-state index contributed by atoms with van der Waals surface area (Å²) in [7, 11) is 0. The van der Waals surface area contributed by atoms with E-state index < -0.39 is 0 Å². The van der Waals surface area contributed by atoms with E-state index in [-0.39, 0.29) is 24.0 Å². The number of aromatic nitrogens is 1. The lowest BCUT2D eigenvalue weighted by molar-refractivity contribution is 0.00929. The van der Waals surface area contributed by atoms with Crippen molar-refractivity contribution in [3.8, 4) is 0 Å². The summed E-state index contributed by atoms with van der Waals surface area (Å²) in [4.78, 5) is 19.5. The number of ether oxygens (including phenoxy) is 2. The van der Waals surface area contributed by atoms with Gasteiger partial charge in [-0.1, -0.05) is 12.1 Å². The average molecular weight is 330 g/mol. The summed E-state index contributed by atoms with van der Waals surface area (Å²) in [6.07, 6.45) is 3.58. The van der Waals surface area contributed by atoms with E-state index in [0.29, 0.717) is 26.4 Å². The highest BCUT2D eigenvalue weighted by molar-refractivity contribution is 7.12. The molecular weight excluding hydrogens is 312 g/mol. The molecule has 2 aliphatic rings. The number of pyridine rings is 1. The molecule has 1 amide bonds. The summed E-state index contributed by atoms with van der Waals surface area (Å²) in [5.74, 6) is 0.351. The van der Waals surface area contributed by atoms with Crippen LogP contribution in [0.15, 0.2) is 42.0 Å². The van der Waals surface area contributed by atoms with Crippen molar-refractivity contribution in [3.05, 3.63) is 52.5 Å². The van der Waals surface area contributed by atoms with Crippen LogP contribution in [0.5, 0.6) is 0 Å². The zero-order valence-corrected chi connectivity index (χ0v) is 13.4. The van der Waals surface area contributed by atoms with Gasteiger partial charge in [-0.05, 0) is 23.1 Å². The number of hydrogen-bond donors (Lipinski definition) is 0. The van der Waals surface area contributed by atoms with E-state index in [9.17, 15) is 4.79 Å². The number of nitrogens with zero attached hydrogens (tertiary/aromatic N) is 2. The Hall–Kier alpha value is -1.76. The van der Waals surface area contributed by atoms with E-state index in [1.54, 1.807) is 6.20 Å². The molecule has 0 saturated carbocycles. The Kier molecular flexibility index (Phi) is 4.11. The fraction of sp³-hybridized carbons (Fsp3) is 0.412. The molecule has 0 radical (unpaired) electrons. The predicted molar refractivity (Wildman–Crippen MR) is 86.3 cm³/mol. The molecule has 6 heteroatoms. The van der Waals surface area contributed by atoms with Gasteiger partial charge in [0.15, 0.2) is 0 Å². The molecule has 4 heterocycles. The smallest absolute Gasteiger partial charge is 0.264 e. The maximum absolute atomic E-state index is 12.7. The number of amides is 1. The van der Waals surface area contributed by atoms with Crippen LogP contribution in [-0.2, 0) is 16.1 Å². The van der Waals surface area contributed by atoms with Crippen LogP contribution in [-0.4, -0.2) is 47.7 Å². The van der Waals surface area contributed by atoms with Crippen molar-refractivity contribution in [2.24, 2.45) is 5.92 Å². The molecule has 0 aliphatic carbocycles. The Bertz CT molecular complexity index is 662. The van der Waals surface area contributed by atoms with E-state index in [0.717, 1.165) is 10.4 Å². The van der Waals surface area contributed by atoms with Crippen molar-refractivity contribution in [3.63, 3.8) is 0 Å². The number of fused-ring (bicyclic) bond motifs is 1. The van der Waals surface area contributed by atoms with Gasteiger partial charge in [-0.3, -0.25) is 9.78 Å². The standard InChI is InChI=1S/C17H18N2O3S/c20-17(16-4-2-6-23-16)19-8-15(13-10-21-11-14(13)19)22-9-12-3-1-5-18-7-12/h1-7,13-15H,8-11H2/t13-,14+,15-/m1/s1. The van der Waals surface area contributed by atoms with Crippen LogP contribution in [0, 0.1) is 5.92 Å². The number of carbonyl (C=O) groups is 1. The minimum absolute atomic E-state index is 0.0200. The normalized spacial score (nSPS) is 26.4. The maximum Gasteiger partial charge on any atom is 0.264 e. The third-order valence-corrected chi connectivity index (χ3v) is 5.39. The summed E-state index contributed by atoms with van der Waals surface area (Å²) in [5.41, 5.74) is 1.05. The zero-order chi connectivity index (χ0) is 15.6. The third-order valence-electron chi connectivity index (χ3n) is 4.53. The Morgan fingerprint density at radius 2 is 2.35 bits per heavy atom. The summed E-state index contributed by atoms with van der Waals surface area (Å²) in [5, 5.41) is 1.93. The van der Waals surface area contributed by atoms with Gasteiger partial charge < -0.3 is 14.4 Å². The Labute approximate surface area is 138 Å². The van der Waals surface area contributed by atoms with Gasteiger partial charge in [0, 0.05) is 24.9 Å². The molecule has 4 rings (SSSR count). The molecule has 5 nitrogen and oxygen atoms in total. The molecular formula is C17H18N2O3S. The van der Waals surface area contributed by atoms with Gasteiger partial charge in [-0.2, -0.15) is 0 Å². The fourth-order valence-corrected chi connectivity index (χ4v) is 4.02. The summed E-state index contributed by atoms with van der Waals surface area (Å²) < 4.78 is 11.7. The van der Waals surface area contributed by atoms with Crippen LogP contribution in [0.4, 0.5) is 0 Å². The van der Waals surface area contributed by atoms with Gasteiger partial charge in [0.1, 0.15) is 0 Å². The molecule has 2 fully saturated rings. The monoisotopic (exact) mass is 330 g/mol. The Morgan fingerprint density at radius 3 is 3.13 bits per heavy atom. The number of hydrogen-bond acceptors (Lipinski definition) is 5. The minimum Gasteiger partial charge on any atom is -0.379 e. The second-order valence-corrected chi connectivity index (χ2v) is 6.86. The number of thiophene rings is 1. The molecule has 0 bridgehead atoms. The first kappa shape index (κ1) is 14.8. The fourth-order valence-electron chi connectivity index (χ4n) is 3.34. The van der Waals surface area contributed by atoms with E-state index >= 15 is 0 Å². The molecule has 2 saturated heterocycles. The van der Waals surface area contributed by atoms with Crippen LogP contribution >= 0.6 is 11.3 Å². The van der Waals surface area contributed by atoms with Gasteiger partial charge in [0.25, 0.3) is 5.91 Å². The first-order chi connectivity index (χ1) is 11.3. The van der Waals surface area contributed by atoms with Crippen molar-refractivity contribution < 1.29 is 14.3 Å². The van der Waals surface area contributed by atoms with Crippen molar-refractivity contribution in [2.45, 2.75) is 18.8 Å². The molecule has 2 aliphatic heterocycles. The first-order valence-corrected chi connectivity index (χ1v) is 8.63. The highest BCUT2D eigenvalue weighted by Crippen LogP contribution is 2.34. The second-order valence-electron chi connectivity index (χ2n) is 5.91. The van der Waals surface area contributed by atoms with Gasteiger partial charge in [0.05, 0.1) is 36.8 Å². The van der Waals surface area contributed by atoms with Crippen LogP contribution in [0.1, 0.15) is 15.2 Å². The summed E-state index contributed by atoms with van der Waals surface area (Å²) >= 11 is 1.48. The Morgan fingerprint density at radius 1 is 1.39 bits per heavy atom. The van der Waals surface area contributed by atoms with Crippen molar-refractivity contribution in [1.82, 2.24) is 9.88 Å². The van der Waals surface area contributed by atoms with E-state index in [1.807, 2.05) is 40.7 Å². The SMILES string of the molecule is O=C(c1cccs1)N1C[C@@H](OCc2cccnc2)[C@@H]2COC[C@@H]21. The maximum atomic E-state index is 12.7. The van der Waals surface area contributed by atoms with Crippen molar-refractivity contribution >= 4 is 17.2 Å². The van der Waals surface area contributed by atoms with Gasteiger partial charge in [0.2, 0.25) is 0 Å². The number of likely N-dealkylation sites (tertiary alicyclic amines) is 1. The molecule has 0 spiro atoms. The number of carbonyl (C=O) groups excluding carboxylic acids is 1. The van der Waals surface area contributed by atoms with Crippen molar-refractivity contribution in [2.75, 3.05) is 19.8 Å². The van der Waals surface area contributed by atoms with E-state index in [2.05, 4.69) is 4.98 Å². The van der Waals surface area contributed by atoms with Crippen LogP contribution in [0.25, 0.3) is 0 Å². The van der Waals surface area contributed by atoms with Crippen molar-refractivity contribution in [1.29, 1.82) is 0 Å². The quantitative estimate of drug-likeness (QED) is 0.862. The van der Waals surface area contributed by atoms with Gasteiger partial charge in [-0.15, -0.1) is 11.3 Å². The van der Waals surface area contributed by atoms with Gasteiger partial charge >= 0.3 is 0 Å². The van der Waals surface area contributed by atoms with Crippen LogP contribution in [0.3, 0.4) is 0 Å². The second kappa shape index (κ2) is 6.39. The van der Waals surface area contributed by atoms with Gasteiger partial charge in [-0.25, -0.2) is 0 Å². The third kappa shape index (κ3) is 2.89. The molecule has 2 aromatic rings. The largest absolute Gasteiger partial charge is 0.379 e. The molecule has 120 valence electrons. The number of rotatable bonds is 4. The predicted octanol–water partition coefficient (Wildman–Crippen LogP) is 2.20. The first-order valence-electron chi connectivity index (χ1n) is 7.75. The summed E-state index contributed by atoms with van der Waals surface area (Å²) in [6, 6.07) is 7.82. The molecule has 0 unspecified atom stereocenters. The molecule has 0 N–H and O–H groups in total. The Balaban J connectivity index is 1.46. The highest BCUT2D eigenvalue weighted by atomic mass is 32.1. The lowest BCUT2D eigenvalue weighted by atomic mass is 10.0.